The summed E-state index contributed by atoms with van der Waals surface area (Å²) in [6.07, 6.45) is 3.06. The highest BCUT2D eigenvalue weighted by atomic mass is 35.5. The van der Waals surface area contributed by atoms with E-state index in [1.165, 1.54) is 6.20 Å². The highest BCUT2D eigenvalue weighted by Gasteiger charge is 2.07. The van der Waals surface area contributed by atoms with Gasteiger partial charge in [-0.2, -0.15) is 0 Å². The molecule has 1 aromatic carbocycles. The monoisotopic (exact) mass is 247 g/mol. The molecule has 0 aliphatic carbocycles. The van der Waals surface area contributed by atoms with Crippen LogP contribution in [0.2, 0.25) is 5.02 Å². The van der Waals surface area contributed by atoms with Crippen LogP contribution in [0.4, 0.5) is 0 Å². The van der Waals surface area contributed by atoms with Crippen molar-refractivity contribution in [3.05, 3.63) is 53.3 Å². The molecule has 0 amide bonds. The number of halogens is 1. The summed E-state index contributed by atoms with van der Waals surface area (Å²) in [5.41, 5.74) is 5.99. The summed E-state index contributed by atoms with van der Waals surface area (Å²) < 4.78 is 5.58. The maximum absolute atomic E-state index is 7.44. The van der Waals surface area contributed by atoms with E-state index in [0.29, 0.717) is 22.1 Å². The van der Waals surface area contributed by atoms with E-state index in [9.17, 15) is 0 Å². The van der Waals surface area contributed by atoms with Gasteiger partial charge in [0.15, 0.2) is 0 Å². The van der Waals surface area contributed by atoms with Crippen molar-refractivity contribution in [2.75, 3.05) is 0 Å². The van der Waals surface area contributed by atoms with Crippen LogP contribution in [-0.2, 0) is 0 Å². The quantitative estimate of drug-likeness (QED) is 0.647. The molecular weight excluding hydrogens is 238 g/mol. The van der Waals surface area contributed by atoms with Gasteiger partial charge < -0.3 is 10.5 Å². The summed E-state index contributed by atoms with van der Waals surface area (Å²) in [6, 6.07) is 8.69. The van der Waals surface area contributed by atoms with Crippen molar-refractivity contribution in [2.45, 2.75) is 0 Å². The van der Waals surface area contributed by atoms with Crippen molar-refractivity contribution in [3.8, 4) is 11.5 Å². The number of benzene rings is 1. The van der Waals surface area contributed by atoms with Crippen LogP contribution in [0.15, 0.2) is 42.7 Å². The number of nitrogens with one attached hydrogen (secondary N) is 1. The normalized spacial score (nSPS) is 9.94. The molecule has 3 N–H and O–H groups in total. The predicted octanol–water partition coefficient (Wildman–Crippen LogP) is 2.81. The minimum atomic E-state index is -0.0458. The van der Waals surface area contributed by atoms with Crippen LogP contribution in [-0.4, -0.2) is 10.8 Å². The molecule has 0 unspecified atom stereocenters. The van der Waals surface area contributed by atoms with Gasteiger partial charge >= 0.3 is 0 Å². The van der Waals surface area contributed by atoms with Crippen LogP contribution in [0.5, 0.6) is 11.5 Å². The first-order valence-electron chi connectivity index (χ1n) is 4.88. The molecule has 1 aromatic heterocycles. The van der Waals surface area contributed by atoms with Gasteiger partial charge in [0.1, 0.15) is 17.3 Å². The number of nitrogens with two attached hydrogens (primary N) is 1. The van der Waals surface area contributed by atoms with Gasteiger partial charge in [-0.15, -0.1) is 0 Å². The number of nitrogen functional groups attached to an aromatic ring is 1. The number of amidine groups is 1. The first-order chi connectivity index (χ1) is 8.16. The Kier molecular flexibility index (Phi) is 3.25. The molecule has 2 aromatic rings. The lowest BCUT2D eigenvalue weighted by Crippen LogP contribution is -2.12. The zero-order valence-electron chi connectivity index (χ0n) is 8.85. The fraction of sp³-hybridized carbons (Fsp3) is 0. The summed E-state index contributed by atoms with van der Waals surface area (Å²) in [6.45, 7) is 0. The Labute approximate surface area is 104 Å². The smallest absolute Gasteiger partial charge is 0.147 e. The lowest BCUT2D eigenvalue weighted by atomic mass is 10.2. The minimum Gasteiger partial charge on any atom is -0.455 e. The van der Waals surface area contributed by atoms with Crippen LogP contribution >= 0.6 is 11.6 Å². The molecular formula is C12H10ClN3O. The number of aromatic nitrogens is 1. The lowest BCUT2D eigenvalue weighted by Gasteiger charge is -2.09. The van der Waals surface area contributed by atoms with E-state index in [1.54, 1.807) is 36.5 Å². The summed E-state index contributed by atoms with van der Waals surface area (Å²) in [5, 5.41) is 7.93. The van der Waals surface area contributed by atoms with Crippen LogP contribution in [0.3, 0.4) is 0 Å². The molecule has 17 heavy (non-hydrogen) atoms. The molecule has 0 spiro atoms. The van der Waals surface area contributed by atoms with E-state index in [2.05, 4.69) is 4.98 Å². The van der Waals surface area contributed by atoms with Gasteiger partial charge in [-0.1, -0.05) is 23.7 Å². The SMILES string of the molecule is N=C(N)c1ccccc1Oc1cncc(Cl)c1. The van der Waals surface area contributed by atoms with E-state index in [1.807, 2.05) is 0 Å². The number of ether oxygens (including phenoxy) is 1. The van der Waals surface area contributed by atoms with Crippen molar-refractivity contribution in [2.24, 2.45) is 5.73 Å². The van der Waals surface area contributed by atoms with Gasteiger partial charge in [-0.05, 0) is 12.1 Å². The standard InChI is InChI=1S/C12H10ClN3O/c13-8-5-9(7-16-6-8)17-11-4-2-1-3-10(11)12(14)15/h1-7H,(H3,14,15). The maximum atomic E-state index is 7.44. The zero-order chi connectivity index (χ0) is 12.3. The van der Waals surface area contributed by atoms with Crippen molar-refractivity contribution < 1.29 is 4.74 Å². The van der Waals surface area contributed by atoms with Crippen LogP contribution in [0.25, 0.3) is 0 Å². The van der Waals surface area contributed by atoms with Gasteiger partial charge in [0, 0.05) is 12.3 Å². The van der Waals surface area contributed by atoms with Gasteiger partial charge in [0.05, 0.1) is 16.8 Å². The summed E-state index contributed by atoms with van der Waals surface area (Å²) in [5.74, 6) is 0.964. The van der Waals surface area contributed by atoms with Crippen molar-refractivity contribution >= 4 is 17.4 Å². The molecule has 0 aliphatic rings. The van der Waals surface area contributed by atoms with Crippen LogP contribution < -0.4 is 10.5 Å². The molecule has 0 radical (unpaired) electrons. The average molecular weight is 248 g/mol. The highest BCUT2D eigenvalue weighted by molar-refractivity contribution is 6.30. The van der Waals surface area contributed by atoms with Gasteiger partial charge in [-0.25, -0.2) is 0 Å². The molecule has 2 rings (SSSR count). The van der Waals surface area contributed by atoms with Gasteiger partial charge in [-0.3, -0.25) is 10.4 Å². The van der Waals surface area contributed by atoms with Crippen LogP contribution in [0, 0.1) is 5.41 Å². The van der Waals surface area contributed by atoms with E-state index in [0.717, 1.165) is 0 Å². The number of rotatable bonds is 3. The number of pyridine rings is 1. The molecule has 86 valence electrons. The molecule has 5 heteroatoms. The van der Waals surface area contributed by atoms with Crippen LogP contribution in [0.1, 0.15) is 5.56 Å². The molecule has 0 bridgehead atoms. The fourth-order valence-electron chi connectivity index (χ4n) is 1.35. The Balaban J connectivity index is 2.33. The maximum Gasteiger partial charge on any atom is 0.147 e. The predicted molar refractivity (Wildman–Crippen MR) is 66.8 cm³/mol. The highest BCUT2D eigenvalue weighted by Crippen LogP contribution is 2.25. The third-order valence-electron chi connectivity index (χ3n) is 2.08. The molecule has 4 nitrogen and oxygen atoms in total. The molecule has 0 saturated carbocycles. The first kappa shape index (κ1) is 11.4. The molecule has 0 fully saturated rings. The lowest BCUT2D eigenvalue weighted by molar-refractivity contribution is 0.479. The van der Waals surface area contributed by atoms with Gasteiger partial charge in [0.25, 0.3) is 0 Å². The first-order valence-corrected chi connectivity index (χ1v) is 5.26. The van der Waals surface area contributed by atoms with Crippen molar-refractivity contribution in [1.29, 1.82) is 5.41 Å². The second-order valence-corrected chi connectivity index (χ2v) is 3.79. The number of nitrogens with zero attached hydrogens (tertiary/aromatic N) is 1. The second kappa shape index (κ2) is 4.84. The molecule has 0 atom stereocenters. The second-order valence-electron chi connectivity index (χ2n) is 3.35. The Morgan fingerprint density at radius 1 is 1.29 bits per heavy atom. The fourth-order valence-corrected chi connectivity index (χ4v) is 1.52. The molecule has 1 heterocycles. The van der Waals surface area contributed by atoms with Crippen molar-refractivity contribution in [1.82, 2.24) is 4.98 Å². The summed E-state index contributed by atoms with van der Waals surface area (Å²) >= 11 is 5.80. The topological polar surface area (TPSA) is 72.0 Å². The molecule has 0 aliphatic heterocycles. The number of hydrogen-bond acceptors (Lipinski definition) is 3. The van der Waals surface area contributed by atoms with E-state index >= 15 is 0 Å². The summed E-state index contributed by atoms with van der Waals surface area (Å²) in [4.78, 5) is 3.91. The van der Waals surface area contributed by atoms with Gasteiger partial charge in [0.2, 0.25) is 0 Å². The number of hydrogen-bond donors (Lipinski definition) is 2. The Bertz CT molecular complexity index is 557. The van der Waals surface area contributed by atoms with Crippen molar-refractivity contribution in [3.63, 3.8) is 0 Å². The Morgan fingerprint density at radius 2 is 2.06 bits per heavy atom. The Morgan fingerprint density at radius 3 is 2.76 bits per heavy atom. The van der Waals surface area contributed by atoms with E-state index in [4.69, 9.17) is 27.5 Å². The third kappa shape index (κ3) is 2.73. The molecule has 0 saturated heterocycles. The zero-order valence-corrected chi connectivity index (χ0v) is 9.61. The number of para-hydroxylation sites is 1. The van der Waals surface area contributed by atoms with E-state index in [-0.39, 0.29) is 5.84 Å². The van der Waals surface area contributed by atoms with E-state index < -0.39 is 0 Å². The summed E-state index contributed by atoms with van der Waals surface area (Å²) in [7, 11) is 0. The average Bonchev–Trinajstić information content (AvgIpc) is 2.29. The largest absolute Gasteiger partial charge is 0.455 e. The third-order valence-corrected chi connectivity index (χ3v) is 2.29. The minimum absolute atomic E-state index is 0.0458. The Hall–Kier alpha value is -2.07.